The molecule has 35 heavy (non-hydrogen) atoms. The Bertz CT molecular complexity index is 1280. The van der Waals surface area contributed by atoms with Gasteiger partial charge in [0.2, 0.25) is 5.95 Å². The fourth-order valence-corrected chi connectivity index (χ4v) is 4.15. The molecule has 0 aliphatic heterocycles. The van der Waals surface area contributed by atoms with Crippen molar-refractivity contribution in [1.29, 1.82) is 0 Å². The molecule has 7 heteroatoms. The summed E-state index contributed by atoms with van der Waals surface area (Å²) in [5.74, 6) is 0.613. The number of nitrogens with zero attached hydrogens (tertiary/aromatic N) is 4. The minimum Gasteiger partial charge on any atom is -0.494 e. The van der Waals surface area contributed by atoms with Crippen LogP contribution in [-0.4, -0.2) is 38.8 Å². The van der Waals surface area contributed by atoms with Crippen molar-refractivity contribution in [3.63, 3.8) is 0 Å². The summed E-state index contributed by atoms with van der Waals surface area (Å²) >= 11 is 0. The van der Waals surface area contributed by atoms with Crippen molar-refractivity contribution in [1.82, 2.24) is 14.5 Å². The van der Waals surface area contributed by atoms with E-state index in [2.05, 4.69) is 53.0 Å². The zero-order chi connectivity index (χ0) is 24.8. The molecular formula is C28H32N4O3. The fraction of sp³-hybridized carbons (Fsp3) is 0.321. The summed E-state index contributed by atoms with van der Waals surface area (Å²) in [4.78, 5) is 22.6. The number of fused-ring (bicyclic) bond motifs is 1. The standard InChI is InChI=1S/C28H32N4O3/c1-4-21-16-29-28(30-17-21)32(18-22-8-6-20(2)7-9-22)12-5-13-35-24-10-11-26-25(15-24)23(14-27(33)34)19-31(26)3/h6-11,15-17,19H,4-5,12-14,18H2,1-3H3,(H,33,34). The minimum atomic E-state index is -0.841. The molecule has 0 radical (unpaired) electrons. The average molecular weight is 473 g/mol. The molecule has 0 aliphatic carbocycles. The Hall–Kier alpha value is -3.87. The number of aliphatic carboxylic acids is 1. The summed E-state index contributed by atoms with van der Waals surface area (Å²) in [5, 5.41) is 10.1. The van der Waals surface area contributed by atoms with Crippen molar-refractivity contribution >= 4 is 22.8 Å². The highest BCUT2D eigenvalue weighted by molar-refractivity contribution is 5.88. The van der Waals surface area contributed by atoms with Gasteiger partial charge in [-0.1, -0.05) is 36.8 Å². The number of aryl methyl sites for hydroxylation is 3. The number of hydrogen-bond acceptors (Lipinski definition) is 5. The van der Waals surface area contributed by atoms with Gasteiger partial charge < -0.3 is 19.3 Å². The molecule has 182 valence electrons. The summed E-state index contributed by atoms with van der Waals surface area (Å²) in [6.07, 6.45) is 7.35. The molecule has 2 heterocycles. The zero-order valence-electron chi connectivity index (χ0n) is 20.6. The lowest BCUT2D eigenvalue weighted by atomic mass is 10.1. The first kappa shape index (κ1) is 24.3. The van der Waals surface area contributed by atoms with Gasteiger partial charge in [0, 0.05) is 49.6 Å². The van der Waals surface area contributed by atoms with Gasteiger partial charge in [0.05, 0.1) is 13.0 Å². The van der Waals surface area contributed by atoms with E-state index in [1.807, 2.05) is 48.4 Å². The molecule has 4 aromatic rings. The normalized spacial score (nSPS) is 11.1. The van der Waals surface area contributed by atoms with E-state index in [1.54, 1.807) is 0 Å². The highest BCUT2D eigenvalue weighted by atomic mass is 16.5. The van der Waals surface area contributed by atoms with Gasteiger partial charge >= 0.3 is 5.97 Å². The Balaban J connectivity index is 1.42. The summed E-state index contributed by atoms with van der Waals surface area (Å²) in [6.45, 7) is 6.18. The summed E-state index contributed by atoms with van der Waals surface area (Å²) in [5.41, 5.74) is 5.34. The Morgan fingerprint density at radius 1 is 1.09 bits per heavy atom. The highest BCUT2D eigenvalue weighted by Gasteiger charge is 2.13. The van der Waals surface area contributed by atoms with Gasteiger partial charge in [-0.25, -0.2) is 9.97 Å². The van der Waals surface area contributed by atoms with Crippen molar-refractivity contribution in [2.75, 3.05) is 18.1 Å². The van der Waals surface area contributed by atoms with Crippen LogP contribution in [0.5, 0.6) is 5.75 Å². The van der Waals surface area contributed by atoms with Crippen LogP contribution in [0, 0.1) is 6.92 Å². The molecule has 2 aromatic heterocycles. The number of carbonyl (C=O) groups is 1. The van der Waals surface area contributed by atoms with E-state index in [4.69, 9.17) is 4.74 Å². The van der Waals surface area contributed by atoms with Crippen LogP contribution in [0.1, 0.15) is 35.6 Å². The van der Waals surface area contributed by atoms with Crippen molar-refractivity contribution in [2.45, 2.75) is 39.7 Å². The molecule has 0 atom stereocenters. The van der Waals surface area contributed by atoms with E-state index in [1.165, 1.54) is 11.1 Å². The summed E-state index contributed by atoms with van der Waals surface area (Å²) < 4.78 is 8.00. The van der Waals surface area contributed by atoms with Gasteiger partial charge in [-0.15, -0.1) is 0 Å². The van der Waals surface area contributed by atoms with Crippen LogP contribution in [0.2, 0.25) is 0 Å². The predicted molar refractivity (Wildman–Crippen MR) is 138 cm³/mol. The Labute approximate surface area is 206 Å². The first-order chi connectivity index (χ1) is 16.9. The number of anilines is 1. The average Bonchev–Trinajstić information content (AvgIpc) is 3.16. The van der Waals surface area contributed by atoms with Gasteiger partial charge in [-0.05, 0) is 54.7 Å². The molecule has 4 rings (SSSR count). The molecule has 0 unspecified atom stereocenters. The topological polar surface area (TPSA) is 80.5 Å². The molecular weight excluding hydrogens is 440 g/mol. The molecule has 1 N–H and O–H groups in total. The smallest absolute Gasteiger partial charge is 0.307 e. The Kier molecular flexibility index (Phi) is 7.65. The molecule has 0 saturated heterocycles. The maximum atomic E-state index is 11.2. The van der Waals surface area contributed by atoms with Gasteiger partial charge in [0.1, 0.15) is 5.75 Å². The molecule has 2 aromatic carbocycles. The monoisotopic (exact) mass is 472 g/mol. The van der Waals surface area contributed by atoms with Crippen LogP contribution in [0.25, 0.3) is 10.9 Å². The lowest BCUT2D eigenvalue weighted by molar-refractivity contribution is -0.136. The first-order valence-electron chi connectivity index (χ1n) is 12.0. The second-order valence-electron chi connectivity index (χ2n) is 8.87. The number of hydrogen-bond donors (Lipinski definition) is 1. The SMILES string of the molecule is CCc1cnc(N(CCCOc2ccc3c(c2)c(CC(=O)O)cn3C)Cc2ccc(C)cc2)nc1. The van der Waals surface area contributed by atoms with E-state index in [9.17, 15) is 9.90 Å². The molecule has 0 fully saturated rings. The third-order valence-corrected chi connectivity index (χ3v) is 6.10. The van der Waals surface area contributed by atoms with Crippen molar-refractivity contribution in [3.8, 4) is 5.75 Å². The lowest BCUT2D eigenvalue weighted by Gasteiger charge is -2.23. The van der Waals surface area contributed by atoms with E-state index in [-0.39, 0.29) is 6.42 Å². The van der Waals surface area contributed by atoms with Gasteiger partial charge in [0.15, 0.2) is 0 Å². The largest absolute Gasteiger partial charge is 0.494 e. The summed E-state index contributed by atoms with van der Waals surface area (Å²) in [7, 11) is 1.92. The van der Waals surface area contributed by atoms with Gasteiger partial charge in [0.25, 0.3) is 0 Å². The molecule has 0 spiro atoms. The van der Waals surface area contributed by atoms with E-state index in [0.29, 0.717) is 12.6 Å². The predicted octanol–water partition coefficient (Wildman–Crippen LogP) is 4.94. The molecule has 7 nitrogen and oxygen atoms in total. The van der Waals surface area contributed by atoms with Crippen LogP contribution in [0.3, 0.4) is 0 Å². The van der Waals surface area contributed by atoms with Crippen LogP contribution in [-0.2, 0) is 31.2 Å². The minimum absolute atomic E-state index is 0.00835. The molecule has 0 bridgehead atoms. The van der Waals surface area contributed by atoms with Crippen molar-refractivity contribution < 1.29 is 14.6 Å². The van der Waals surface area contributed by atoms with Crippen LogP contribution < -0.4 is 9.64 Å². The van der Waals surface area contributed by atoms with Crippen LogP contribution in [0.15, 0.2) is 61.1 Å². The number of carboxylic acids is 1. The van der Waals surface area contributed by atoms with Crippen molar-refractivity contribution in [3.05, 3.63) is 83.3 Å². The molecule has 0 aliphatic rings. The maximum absolute atomic E-state index is 11.2. The Morgan fingerprint density at radius 2 is 1.83 bits per heavy atom. The Morgan fingerprint density at radius 3 is 2.51 bits per heavy atom. The zero-order valence-corrected chi connectivity index (χ0v) is 20.6. The van der Waals surface area contributed by atoms with Crippen LogP contribution in [0.4, 0.5) is 5.95 Å². The third-order valence-electron chi connectivity index (χ3n) is 6.10. The van der Waals surface area contributed by atoms with Crippen molar-refractivity contribution in [2.24, 2.45) is 7.05 Å². The summed E-state index contributed by atoms with van der Waals surface area (Å²) in [6, 6.07) is 14.4. The van der Waals surface area contributed by atoms with Gasteiger partial charge in [-0.2, -0.15) is 0 Å². The van der Waals surface area contributed by atoms with Gasteiger partial charge in [-0.3, -0.25) is 4.79 Å². The molecule has 0 amide bonds. The third kappa shape index (κ3) is 6.18. The number of ether oxygens (including phenoxy) is 1. The van der Waals surface area contributed by atoms with E-state index < -0.39 is 5.97 Å². The second-order valence-corrected chi connectivity index (χ2v) is 8.87. The first-order valence-corrected chi connectivity index (χ1v) is 12.0. The van der Waals surface area contributed by atoms with E-state index in [0.717, 1.165) is 53.7 Å². The quantitative estimate of drug-likeness (QED) is 0.311. The van der Waals surface area contributed by atoms with E-state index >= 15 is 0 Å². The highest BCUT2D eigenvalue weighted by Crippen LogP contribution is 2.26. The number of aromatic nitrogens is 3. The van der Waals surface area contributed by atoms with Crippen LogP contribution >= 0.6 is 0 Å². The maximum Gasteiger partial charge on any atom is 0.307 e. The number of carboxylic acid groups (broad SMARTS) is 1. The fourth-order valence-electron chi connectivity index (χ4n) is 4.15. The lowest BCUT2D eigenvalue weighted by Crippen LogP contribution is -2.27. The second kappa shape index (κ2) is 11.0. The number of rotatable bonds is 11. The molecule has 0 saturated carbocycles. The number of benzene rings is 2.